The fourth-order valence-electron chi connectivity index (χ4n) is 0.995. The van der Waals surface area contributed by atoms with Crippen molar-refractivity contribution in [1.29, 1.82) is 0 Å². The molecule has 0 aliphatic rings. The SMILES string of the molecule is CC(C)C[PH](=O)Oc1ccccc1. The average molecular weight is 198 g/mol. The Balaban J connectivity index is 2.46. The maximum absolute atomic E-state index is 11.4. The Labute approximate surface area is 79.8 Å². The molecule has 0 saturated carbocycles. The van der Waals surface area contributed by atoms with E-state index in [1.165, 1.54) is 0 Å². The number of benzene rings is 1. The Morgan fingerprint density at radius 3 is 2.46 bits per heavy atom. The maximum atomic E-state index is 11.4. The number of para-hydroxylation sites is 1. The first-order chi connectivity index (χ1) is 6.18. The molecule has 3 heteroatoms. The molecule has 1 unspecified atom stereocenters. The van der Waals surface area contributed by atoms with Gasteiger partial charge in [-0.2, -0.15) is 0 Å². The summed E-state index contributed by atoms with van der Waals surface area (Å²) in [4.78, 5) is 0. The molecular weight excluding hydrogens is 183 g/mol. The summed E-state index contributed by atoms with van der Waals surface area (Å²) in [5.41, 5.74) is 0. The Morgan fingerprint density at radius 2 is 1.92 bits per heavy atom. The van der Waals surface area contributed by atoms with Crippen molar-refractivity contribution in [3.63, 3.8) is 0 Å². The highest BCUT2D eigenvalue weighted by molar-refractivity contribution is 7.39. The van der Waals surface area contributed by atoms with Crippen molar-refractivity contribution >= 4 is 8.03 Å². The van der Waals surface area contributed by atoms with Crippen LogP contribution in [0.4, 0.5) is 0 Å². The van der Waals surface area contributed by atoms with Gasteiger partial charge in [-0.15, -0.1) is 0 Å². The van der Waals surface area contributed by atoms with Gasteiger partial charge in [0.1, 0.15) is 5.75 Å². The molecule has 0 spiro atoms. The smallest absolute Gasteiger partial charge is 0.236 e. The minimum Gasteiger partial charge on any atom is -0.445 e. The molecule has 0 aliphatic heterocycles. The van der Waals surface area contributed by atoms with Gasteiger partial charge in [0.2, 0.25) is 8.03 Å². The normalized spacial score (nSPS) is 12.8. The van der Waals surface area contributed by atoms with Gasteiger partial charge in [0.25, 0.3) is 0 Å². The van der Waals surface area contributed by atoms with E-state index in [4.69, 9.17) is 4.52 Å². The molecule has 0 aromatic heterocycles. The van der Waals surface area contributed by atoms with Crippen molar-refractivity contribution in [3.8, 4) is 5.75 Å². The molecule has 0 saturated heterocycles. The fraction of sp³-hybridized carbons (Fsp3) is 0.400. The third-order valence-electron chi connectivity index (χ3n) is 1.55. The van der Waals surface area contributed by atoms with Crippen molar-refractivity contribution in [3.05, 3.63) is 30.3 Å². The first-order valence-electron chi connectivity index (χ1n) is 4.44. The van der Waals surface area contributed by atoms with Gasteiger partial charge < -0.3 is 4.52 Å². The fourth-order valence-corrected chi connectivity index (χ4v) is 2.14. The van der Waals surface area contributed by atoms with Crippen LogP contribution in [0.3, 0.4) is 0 Å². The second-order valence-electron chi connectivity index (χ2n) is 3.39. The monoisotopic (exact) mass is 198 g/mol. The maximum Gasteiger partial charge on any atom is 0.236 e. The zero-order chi connectivity index (χ0) is 9.68. The van der Waals surface area contributed by atoms with Crippen LogP contribution in [0.1, 0.15) is 13.8 Å². The highest BCUT2D eigenvalue weighted by atomic mass is 31.1. The summed E-state index contributed by atoms with van der Waals surface area (Å²) in [6.07, 6.45) is 0.652. The summed E-state index contributed by atoms with van der Waals surface area (Å²) in [7, 11) is -1.89. The third-order valence-corrected chi connectivity index (χ3v) is 3.16. The average Bonchev–Trinajstić information content (AvgIpc) is 2.04. The summed E-state index contributed by atoms with van der Waals surface area (Å²) >= 11 is 0. The van der Waals surface area contributed by atoms with Gasteiger partial charge in [-0.05, 0) is 18.1 Å². The van der Waals surface area contributed by atoms with Crippen LogP contribution in [-0.4, -0.2) is 6.16 Å². The van der Waals surface area contributed by atoms with Crippen molar-refractivity contribution in [2.75, 3.05) is 6.16 Å². The molecule has 1 rings (SSSR count). The number of hydrogen-bond acceptors (Lipinski definition) is 2. The summed E-state index contributed by atoms with van der Waals surface area (Å²) in [6, 6.07) is 9.30. The van der Waals surface area contributed by atoms with Crippen LogP contribution >= 0.6 is 8.03 Å². The zero-order valence-electron chi connectivity index (χ0n) is 7.99. The second-order valence-corrected chi connectivity index (χ2v) is 4.74. The molecule has 1 atom stereocenters. The summed E-state index contributed by atoms with van der Waals surface area (Å²) in [5.74, 6) is 1.13. The standard InChI is InChI=1S/C10H15O2P/c1-9(2)8-13(11)12-10-6-4-3-5-7-10/h3-7,9,13H,8H2,1-2H3. The second kappa shape index (κ2) is 5.08. The molecule has 0 fully saturated rings. The number of hydrogen-bond donors (Lipinski definition) is 0. The number of rotatable bonds is 4. The van der Waals surface area contributed by atoms with Gasteiger partial charge in [-0.25, -0.2) is 0 Å². The van der Waals surface area contributed by atoms with E-state index in [0.717, 1.165) is 0 Å². The van der Waals surface area contributed by atoms with E-state index in [1.807, 2.05) is 44.2 Å². The summed E-state index contributed by atoms with van der Waals surface area (Å²) in [5, 5.41) is 0. The van der Waals surface area contributed by atoms with E-state index in [0.29, 0.717) is 17.8 Å². The molecule has 0 aliphatic carbocycles. The molecule has 13 heavy (non-hydrogen) atoms. The van der Waals surface area contributed by atoms with Crippen molar-refractivity contribution < 1.29 is 9.09 Å². The molecular formula is C10H15O2P. The van der Waals surface area contributed by atoms with Crippen LogP contribution in [-0.2, 0) is 4.57 Å². The highest BCUT2D eigenvalue weighted by Crippen LogP contribution is 2.28. The van der Waals surface area contributed by atoms with E-state index < -0.39 is 8.03 Å². The molecule has 72 valence electrons. The largest absolute Gasteiger partial charge is 0.445 e. The Hall–Kier alpha value is -0.750. The van der Waals surface area contributed by atoms with Crippen LogP contribution < -0.4 is 4.52 Å². The van der Waals surface area contributed by atoms with Crippen LogP contribution in [0.15, 0.2) is 30.3 Å². The predicted molar refractivity (Wildman–Crippen MR) is 55.8 cm³/mol. The lowest BCUT2D eigenvalue weighted by Gasteiger charge is -2.07. The lowest BCUT2D eigenvalue weighted by molar-refractivity contribution is 0.496. The van der Waals surface area contributed by atoms with E-state index in [9.17, 15) is 4.57 Å². The lowest BCUT2D eigenvalue weighted by Crippen LogP contribution is -1.93. The molecule has 0 heterocycles. The summed E-state index contributed by atoms with van der Waals surface area (Å²) < 4.78 is 16.7. The minimum atomic E-state index is -1.89. The van der Waals surface area contributed by atoms with Gasteiger partial charge in [0, 0.05) is 6.16 Å². The van der Waals surface area contributed by atoms with Crippen LogP contribution in [0, 0.1) is 5.92 Å². The van der Waals surface area contributed by atoms with Crippen molar-refractivity contribution in [1.82, 2.24) is 0 Å². The molecule has 0 N–H and O–H groups in total. The van der Waals surface area contributed by atoms with Gasteiger partial charge in [0.15, 0.2) is 0 Å². The first-order valence-corrected chi connectivity index (χ1v) is 5.96. The molecule has 2 nitrogen and oxygen atoms in total. The van der Waals surface area contributed by atoms with Crippen LogP contribution in [0.25, 0.3) is 0 Å². The van der Waals surface area contributed by atoms with E-state index in [1.54, 1.807) is 0 Å². The topological polar surface area (TPSA) is 26.3 Å². The van der Waals surface area contributed by atoms with Crippen LogP contribution in [0.2, 0.25) is 0 Å². The van der Waals surface area contributed by atoms with E-state index in [-0.39, 0.29) is 0 Å². The van der Waals surface area contributed by atoms with E-state index in [2.05, 4.69) is 0 Å². The van der Waals surface area contributed by atoms with Crippen molar-refractivity contribution in [2.24, 2.45) is 5.92 Å². The molecule has 1 aromatic rings. The minimum absolute atomic E-state index is 0.426. The Morgan fingerprint density at radius 1 is 1.31 bits per heavy atom. The van der Waals surface area contributed by atoms with Gasteiger partial charge in [-0.1, -0.05) is 32.0 Å². The molecule has 0 radical (unpaired) electrons. The predicted octanol–water partition coefficient (Wildman–Crippen LogP) is 3.20. The molecule has 1 aromatic carbocycles. The Bertz CT molecular complexity index is 270. The van der Waals surface area contributed by atoms with E-state index >= 15 is 0 Å². The third kappa shape index (κ3) is 4.14. The lowest BCUT2D eigenvalue weighted by atomic mass is 10.3. The quantitative estimate of drug-likeness (QED) is 0.694. The van der Waals surface area contributed by atoms with Crippen LogP contribution in [0.5, 0.6) is 5.75 Å². The van der Waals surface area contributed by atoms with Gasteiger partial charge in [-0.3, -0.25) is 4.57 Å². The zero-order valence-corrected chi connectivity index (χ0v) is 8.99. The Kier molecular flexibility index (Phi) is 4.04. The molecule has 0 bridgehead atoms. The summed E-state index contributed by atoms with van der Waals surface area (Å²) in [6.45, 7) is 4.08. The molecule has 0 amide bonds. The highest BCUT2D eigenvalue weighted by Gasteiger charge is 2.03. The first kappa shape index (κ1) is 10.3. The van der Waals surface area contributed by atoms with Crippen molar-refractivity contribution in [2.45, 2.75) is 13.8 Å². The van der Waals surface area contributed by atoms with Gasteiger partial charge >= 0.3 is 0 Å². The van der Waals surface area contributed by atoms with Gasteiger partial charge in [0.05, 0.1) is 0 Å².